The van der Waals surface area contributed by atoms with Crippen molar-refractivity contribution in [1.82, 2.24) is 4.98 Å². The van der Waals surface area contributed by atoms with Gasteiger partial charge >= 0.3 is 5.97 Å². The molecule has 0 unspecified atom stereocenters. The number of hydrogen-bond acceptors (Lipinski definition) is 3. The van der Waals surface area contributed by atoms with Gasteiger partial charge in [-0.15, -0.1) is 0 Å². The molecule has 1 aromatic rings. The molecule has 1 aromatic heterocycles. The number of esters is 1. The first-order valence-electron chi connectivity index (χ1n) is 4.15. The van der Waals surface area contributed by atoms with E-state index in [9.17, 15) is 13.6 Å². The van der Waals surface area contributed by atoms with Gasteiger partial charge in [0.05, 0.1) is 24.8 Å². The van der Waals surface area contributed by atoms with E-state index in [1.54, 1.807) is 22.6 Å². The predicted octanol–water partition coefficient (Wildman–Crippen LogP) is 3.10. The Balaban J connectivity index is 3.05. The van der Waals surface area contributed by atoms with Crippen molar-refractivity contribution in [2.45, 2.75) is 12.8 Å². The topological polar surface area (TPSA) is 39.2 Å². The van der Waals surface area contributed by atoms with Crippen LogP contribution in [0.15, 0.2) is 10.5 Å². The summed E-state index contributed by atoms with van der Waals surface area (Å²) >= 11 is 4.81. The van der Waals surface area contributed by atoms with Crippen molar-refractivity contribution in [1.29, 1.82) is 0 Å². The molecular formula is C9H7BrF2INO2. The summed E-state index contributed by atoms with van der Waals surface area (Å²) in [5, 5.41) is 0. The summed E-state index contributed by atoms with van der Waals surface area (Å²) < 4.78 is 30.1. The third kappa shape index (κ3) is 3.34. The first-order chi connectivity index (χ1) is 7.45. The SMILES string of the molecule is COC(=O)Cc1nc(I)c(C(F)F)cc1Br. The fraction of sp³-hybridized carbons (Fsp3) is 0.333. The Bertz CT molecular complexity index is 415. The lowest BCUT2D eigenvalue weighted by molar-refractivity contribution is -0.139. The number of halogens is 4. The third-order valence-electron chi connectivity index (χ3n) is 1.80. The van der Waals surface area contributed by atoms with Crippen LogP contribution in [-0.2, 0) is 16.0 Å². The summed E-state index contributed by atoms with van der Waals surface area (Å²) in [5.74, 6) is -0.464. The van der Waals surface area contributed by atoms with Crippen LogP contribution in [0, 0.1) is 3.70 Å². The zero-order valence-corrected chi connectivity index (χ0v) is 11.9. The van der Waals surface area contributed by atoms with E-state index in [-0.39, 0.29) is 15.7 Å². The van der Waals surface area contributed by atoms with Gasteiger partial charge in [0.2, 0.25) is 0 Å². The quantitative estimate of drug-likeness (QED) is 0.440. The molecule has 0 atom stereocenters. The van der Waals surface area contributed by atoms with Crippen LogP contribution >= 0.6 is 38.5 Å². The van der Waals surface area contributed by atoms with E-state index in [1.807, 2.05) is 0 Å². The van der Waals surface area contributed by atoms with Crippen molar-refractivity contribution in [2.24, 2.45) is 0 Å². The number of pyridine rings is 1. The van der Waals surface area contributed by atoms with Gasteiger partial charge in [-0.25, -0.2) is 13.8 Å². The first-order valence-corrected chi connectivity index (χ1v) is 6.02. The third-order valence-corrected chi connectivity index (χ3v) is 3.35. The van der Waals surface area contributed by atoms with E-state index in [4.69, 9.17) is 0 Å². The second-order valence-electron chi connectivity index (χ2n) is 2.85. The van der Waals surface area contributed by atoms with Crippen LogP contribution in [0.2, 0.25) is 0 Å². The van der Waals surface area contributed by atoms with Gasteiger partial charge in [0, 0.05) is 4.47 Å². The lowest BCUT2D eigenvalue weighted by Crippen LogP contribution is -2.08. The van der Waals surface area contributed by atoms with E-state index in [0.29, 0.717) is 10.2 Å². The molecule has 1 heterocycles. The van der Waals surface area contributed by atoms with Gasteiger partial charge in [-0.3, -0.25) is 4.79 Å². The van der Waals surface area contributed by atoms with Gasteiger partial charge in [-0.1, -0.05) is 0 Å². The maximum absolute atomic E-state index is 12.5. The molecule has 0 saturated carbocycles. The molecule has 0 radical (unpaired) electrons. The molecule has 1 rings (SSSR count). The minimum Gasteiger partial charge on any atom is -0.469 e. The van der Waals surface area contributed by atoms with Crippen molar-refractivity contribution in [2.75, 3.05) is 7.11 Å². The highest BCUT2D eigenvalue weighted by atomic mass is 127. The van der Waals surface area contributed by atoms with Crippen molar-refractivity contribution in [3.05, 3.63) is 25.5 Å². The Morgan fingerprint density at radius 2 is 2.31 bits per heavy atom. The molecule has 0 saturated heterocycles. The van der Waals surface area contributed by atoms with Crippen molar-refractivity contribution < 1.29 is 18.3 Å². The largest absolute Gasteiger partial charge is 0.469 e. The number of alkyl halides is 2. The van der Waals surface area contributed by atoms with Crippen molar-refractivity contribution >= 4 is 44.5 Å². The molecule has 0 aliphatic heterocycles. The number of methoxy groups -OCH3 is 1. The van der Waals surface area contributed by atoms with Crippen molar-refractivity contribution in [3.8, 4) is 0 Å². The van der Waals surface area contributed by atoms with E-state index in [2.05, 4.69) is 25.7 Å². The van der Waals surface area contributed by atoms with Gasteiger partial charge in [-0.2, -0.15) is 0 Å². The highest BCUT2D eigenvalue weighted by Gasteiger charge is 2.17. The zero-order valence-electron chi connectivity index (χ0n) is 8.14. The summed E-state index contributed by atoms with van der Waals surface area (Å²) in [6.45, 7) is 0. The normalized spacial score (nSPS) is 10.6. The molecule has 7 heteroatoms. The second-order valence-corrected chi connectivity index (χ2v) is 4.73. The van der Waals surface area contributed by atoms with Crippen LogP contribution in [0.1, 0.15) is 17.7 Å². The summed E-state index contributed by atoms with van der Waals surface area (Å²) in [6.07, 6.45) is -2.63. The number of nitrogens with zero attached hydrogens (tertiary/aromatic N) is 1. The van der Waals surface area contributed by atoms with Gasteiger partial charge in [0.1, 0.15) is 3.70 Å². The summed E-state index contributed by atoms with van der Waals surface area (Å²) in [7, 11) is 1.26. The number of hydrogen-bond donors (Lipinski definition) is 0. The Labute approximate surface area is 113 Å². The molecule has 0 aliphatic carbocycles. The number of carbonyl (C=O) groups is 1. The molecule has 16 heavy (non-hydrogen) atoms. The average Bonchev–Trinajstić information content (AvgIpc) is 2.22. The lowest BCUT2D eigenvalue weighted by Gasteiger charge is -2.07. The van der Waals surface area contributed by atoms with Crippen molar-refractivity contribution in [3.63, 3.8) is 0 Å². The standard InChI is InChI=1S/C9H7BrF2INO2/c1-16-7(15)3-6-5(10)2-4(8(11)12)9(13)14-6/h2,8H,3H2,1H3. The average molecular weight is 406 g/mol. The van der Waals surface area contributed by atoms with Gasteiger partial charge in [0.15, 0.2) is 0 Å². The molecule has 88 valence electrons. The monoisotopic (exact) mass is 405 g/mol. The fourth-order valence-electron chi connectivity index (χ4n) is 1.00. The van der Waals surface area contributed by atoms with Crippen LogP contribution < -0.4 is 0 Å². The number of ether oxygens (including phenoxy) is 1. The minimum atomic E-state index is -2.58. The van der Waals surface area contributed by atoms with E-state index < -0.39 is 12.4 Å². The Morgan fingerprint density at radius 1 is 1.69 bits per heavy atom. The molecule has 0 amide bonds. The smallest absolute Gasteiger partial charge is 0.311 e. The van der Waals surface area contributed by atoms with E-state index >= 15 is 0 Å². The Morgan fingerprint density at radius 3 is 2.81 bits per heavy atom. The molecule has 0 fully saturated rings. The summed E-state index contributed by atoms with van der Waals surface area (Å²) in [6, 6.07) is 1.28. The van der Waals surface area contributed by atoms with Gasteiger partial charge < -0.3 is 4.74 Å². The minimum absolute atomic E-state index is 0.0450. The van der Waals surface area contributed by atoms with Gasteiger partial charge in [-0.05, 0) is 44.6 Å². The number of rotatable bonds is 3. The van der Waals surface area contributed by atoms with Gasteiger partial charge in [0.25, 0.3) is 6.43 Å². The second kappa shape index (κ2) is 5.85. The van der Waals surface area contributed by atoms with Crippen LogP contribution in [0.3, 0.4) is 0 Å². The van der Waals surface area contributed by atoms with Crippen LogP contribution in [0.25, 0.3) is 0 Å². The first kappa shape index (κ1) is 13.8. The molecule has 0 aromatic carbocycles. The Hall–Kier alpha value is -0.310. The van der Waals surface area contributed by atoms with E-state index in [1.165, 1.54) is 13.2 Å². The lowest BCUT2D eigenvalue weighted by atomic mass is 10.2. The fourth-order valence-corrected chi connectivity index (χ4v) is 2.16. The molecule has 0 spiro atoms. The van der Waals surface area contributed by atoms with E-state index in [0.717, 1.165) is 0 Å². The predicted molar refractivity (Wildman–Crippen MR) is 65.3 cm³/mol. The molecule has 0 N–H and O–H groups in total. The molecule has 0 aliphatic rings. The maximum Gasteiger partial charge on any atom is 0.311 e. The highest BCUT2D eigenvalue weighted by Crippen LogP contribution is 2.28. The van der Waals surface area contributed by atoms with Crippen LogP contribution in [-0.4, -0.2) is 18.1 Å². The maximum atomic E-state index is 12.5. The van der Waals surface area contributed by atoms with Crippen LogP contribution in [0.4, 0.5) is 8.78 Å². The summed E-state index contributed by atoms with van der Waals surface area (Å²) in [5.41, 5.74) is 0.238. The van der Waals surface area contributed by atoms with Crippen LogP contribution in [0.5, 0.6) is 0 Å². The highest BCUT2D eigenvalue weighted by molar-refractivity contribution is 14.1. The molecule has 0 bridgehead atoms. The molecular weight excluding hydrogens is 399 g/mol. The Kier molecular flexibility index (Phi) is 5.03. The zero-order chi connectivity index (χ0) is 12.3. The summed E-state index contributed by atoms with van der Waals surface area (Å²) in [4.78, 5) is 15.0. The number of aromatic nitrogens is 1. The number of carbonyl (C=O) groups excluding carboxylic acids is 1. The molecule has 3 nitrogen and oxygen atoms in total.